The van der Waals surface area contributed by atoms with Gasteiger partial charge >= 0.3 is 0 Å². The fourth-order valence-corrected chi connectivity index (χ4v) is 4.68. The Morgan fingerprint density at radius 1 is 0.912 bits per heavy atom. The summed E-state index contributed by atoms with van der Waals surface area (Å²) in [5.74, 6) is 0.670. The Morgan fingerprint density at radius 3 is 2.21 bits per heavy atom. The highest BCUT2D eigenvalue weighted by Crippen LogP contribution is 2.20. The van der Waals surface area contributed by atoms with Crippen molar-refractivity contribution in [2.75, 3.05) is 13.7 Å². The van der Waals surface area contributed by atoms with Crippen LogP contribution in [0.25, 0.3) is 0 Å². The van der Waals surface area contributed by atoms with E-state index in [0.29, 0.717) is 13.1 Å². The lowest BCUT2D eigenvalue weighted by Crippen LogP contribution is -2.46. The van der Waals surface area contributed by atoms with Gasteiger partial charge in [-0.1, -0.05) is 49.4 Å². The van der Waals surface area contributed by atoms with E-state index < -0.39 is 0 Å². The standard InChI is InChI=1S/C28H34N2O3S/c1-5-21(2)30(27(31)17-23-12-14-25(33-4)15-13-23)20-28(32)29(18-24-9-7-6-8-10-24)19-26-16-11-22(3)34-26/h6-16,21H,5,17-20H2,1-4H3. The first-order valence-electron chi connectivity index (χ1n) is 11.7. The van der Waals surface area contributed by atoms with Gasteiger partial charge in [0.25, 0.3) is 0 Å². The van der Waals surface area contributed by atoms with Crippen LogP contribution in [0.5, 0.6) is 5.75 Å². The topological polar surface area (TPSA) is 49.9 Å². The zero-order valence-corrected chi connectivity index (χ0v) is 21.3. The van der Waals surface area contributed by atoms with E-state index in [9.17, 15) is 9.59 Å². The van der Waals surface area contributed by atoms with Crippen LogP contribution in [0.2, 0.25) is 0 Å². The number of carbonyl (C=O) groups excluding carboxylic acids is 2. The molecule has 1 aromatic heterocycles. The van der Waals surface area contributed by atoms with Gasteiger partial charge in [0.05, 0.1) is 20.1 Å². The molecule has 3 aromatic rings. The second kappa shape index (κ2) is 12.4. The van der Waals surface area contributed by atoms with Crippen molar-refractivity contribution in [3.05, 3.63) is 87.6 Å². The SMILES string of the molecule is CCC(C)N(CC(=O)N(Cc1ccccc1)Cc1ccc(C)s1)C(=O)Cc1ccc(OC)cc1. The second-order valence-corrected chi connectivity index (χ2v) is 9.92. The van der Waals surface area contributed by atoms with Gasteiger partial charge in [-0.25, -0.2) is 0 Å². The van der Waals surface area contributed by atoms with Gasteiger partial charge in [0, 0.05) is 22.3 Å². The minimum atomic E-state index is -0.0433. The molecule has 0 fully saturated rings. The van der Waals surface area contributed by atoms with Gasteiger partial charge in [-0.05, 0) is 55.7 Å². The molecule has 0 saturated carbocycles. The lowest BCUT2D eigenvalue weighted by atomic mass is 10.1. The first kappa shape index (κ1) is 25.5. The monoisotopic (exact) mass is 478 g/mol. The number of thiophene rings is 1. The summed E-state index contributed by atoms with van der Waals surface area (Å²) in [4.78, 5) is 32.8. The van der Waals surface area contributed by atoms with E-state index in [1.165, 1.54) is 4.88 Å². The van der Waals surface area contributed by atoms with E-state index in [1.807, 2.05) is 73.3 Å². The highest BCUT2D eigenvalue weighted by Gasteiger charge is 2.25. The van der Waals surface area contributed by atoms with Crippen molar-refractivity contribution in [1.29, 1.82) is 0 Å². The van der Waals surface area contributed by atoms with E-state index in [-0.39, 0.29) is 30.8 Å². The van der Waals surface area contributed by atoms with E-state index >= 15 is 0 Å². The third kappa shape index (κ3) is 7.19. The smallest absolute Gasteiger partial charge is 0.242 e. The van der Waals surface area contributed by atoms with Crippen LogP contribution in [-0.2, 0) is 29.1 Å². The van der Waals surface area contributed by atoms with Crippen LogP contribution >= 0.6 is 11.3 Å². The minimum Gasteiger partial charge on any atom is -0.497 e. The van der Waals surface area contributed by atoms with Crippen molar-refractivity contribution >= 4 is 23.2 Å². The van der Waals surface area contributed by atoms with Crippen LogP contribution in [0.1, 0.15) is 41.1 Å². The van der Waals surface area contributed by atoms with E-state index in [2.05, 4.69) is 19.1 Å². The molecule has 1 unspecified atom stereocenters. The molecule has 0 saturated heterocycles. The maximum atomic E-state index is 13.6. The predicted molar refractivity (Wildman–Crippen MR) is 138 cm³/mol. The normalized spacial score (nSPS) is 11.6. The lowest BCUT2D eigenvalue weighted by Gasteiger charge is -2.31. The third-order valence-corrected chi connectivity index (χ3v) is 6.96. The van der Waals surface area contributed by atoms with E-state index in [4.69, 9.17) is 4.74 Å². The average Bonchev–Trinajstić information content (AvgIpc) is 3.27. The van der Waals surface area contributed by atoms with Crippen molar-refractivity contribution < 1.29 is 14.3 Å². The fraction of sp³-hybridized carbons (Fsp3) is 0.357. The summed E-state index contributed by atoms with van der Waals surface area (Å²) in [5.41, 5.74) is 1.98. The van der Waals surface area contributed by atoms with Crippen molar-refractivity contribution in [2.45, 2.75) is 52.7 Å². The molecule has 1 atom stereocenters. The van der Waals surface area contributed by atoms with Gasteiger partial charge in [0.15, 0.2) is 0 Å². The molecular formula is C28H34N2O3S. The molecule has 0 aliphatic heterocycles. The summed E-state index contributed by atoms with van der Waals surface area (Å²) in [6.07, 6.45) is 1.04. The van der Waals surface area contributed by atoms with Gasteiger partial charge in [-0.2, -0.15) is 0 Å². The number of hydrogen-bond acceptors (Lipinski definition) is 4. The van der Waals surface area contributed by atoms with Gasteiger partial charge in [0.2, 0.25) is 11.8 Å². The zero-order valence-electron chi connectivity index (χ0n) is 20.5. The molecule has 2 aromatic carbocycles. The summed E-state index contributed by atoms with van der Waals surface area (Å²) < 4.78 is 5.21. The molecule has 2 amide bonds. The minimum absolute atomic E-state index is 0.0303. The first-order chi connectivity index (χ1) is 16.4. The van der Waals surface area contributed by atoms with Gasteiger partial charge in [-0.15, -0.1) is 11.3 Å². The van der Waals surface area contributed by atoms with Crippen LogP contribution in [0, 0.1) is 6.92 Å². The first-order valence-corrected chi connectivity index (χ1v) is 12.5. The lowest BCUT2D eigenvalue weighted by molar-refractivity contribution is -0.142. The molecule has 0 aliphatic carbocycles. The number of aryl methyl sites for hydroxylation is 1. The van der Waals surface area contributed by atoms with Crippen molar-refractivity contribution in [1.82, 2.24) is 9.80 Å². The highest BCUT2D eigenvalue weighted by molar-refractivity contribution is 7.11. The zero-order chi connectivity index (χ0) is 24.5. The number of hydrogen-bond donors (Lipinski definition) is 0. The Morgan fingerprint density at radius 2 is 1.62 bits per heavy atom. The maximum Gasteiger partial charge on any atom is 0.242 e. The van der Waals surface area contributed by atoms with Crippen molar-refractivity contribution in [2.24, 2.45) is 0 Å². The second-order valence-electron chi connectivity index (χ2n) is 8.55. The third-order valence-electron chi connectivity index (χ3n) is 5.97. The number of carbonyl (C=O) groups is 2. The van der Waals surface area contributed by atoms with Crippen LogP contribution in [0.3, 0.4) is 0 Å². The van der Waals surface area contributed by atoms with Gasteiger partial charge < -0.3 is 14.5 Å². The molecule has 0 bridgehead atoms. The number of ether oxygens (including phenoxy) is 1. The number of rotatable bonds is 11. The number of benzene rings is 2. The van der Waals surface area contributed by atoms with Crippen LogP contribution in [-0.4, -0.2) is 41.3 Å². The predicted octanol–water partition coefficient (Wildman–Crippen LogP) is 5.46. The Balaban J connectivity index is 1.76. The Labute approximate surface area is 207 Å². The molecule has 0 aliphatic rings. The Bertz CT molecular complexity index is 1060. The molecule has 3 rings (SSSR count). The summed E-state index contributed by atoms with van der Waals surface area (Å²) in [7, 11) is 1.62. The molecular weight excluding hydrogens is 444 g/mol. The fourth-order valence-electron chi connectivity index (χ4n) is 3.77. The molecule has 0 radical (unpaired) electrons. The van der Waals surface area contributed by atoms with E-state index in [1.54, 1.807) is 23.3 Å². The van der Waals surface area contributed by atoms with Crippen LogP contribution < -0.4 is 4.74 Å². The summed E-state index contributed by atoms with van der Waals surface area (Å²) in [5, 5.41) is 0. The van der Waals surface area contributed by atoms with Crippen LogP contribution in [0.4, 0.5) is 0 Å². The number of nitrogens with zero attached hydrogens (tertiary/aromatic N) is 2. The molecule has 1 heterocycles. The number of amides is 2. The molecule has 6 heteroatoms. The van der Waals surface area contributed by atoms with E-state index in [0.717, 1.165) is 28.2 Å². The molecule has 180 valence electrons. The van der Waals surface area contributed by atoms with Gasteiger partial charge in [-0.3, -0.25) is 9.59 Å². The molecule has 0 spiro atoms. The Kier molecular flexibility index (Phi) is 9.28. The quantitative estimate of drug-likeness (QED) is 0.368. The molecule has 0 N–H and O–H groups in total. The average molecular weight is 479 g/mol. The maximum absolute atomic E-state index is 13.6. The molecule has 5 nitrogen and oxygen atoms in total. The summed E-state index contributed by atoms with van der Waals surface area (Å²) in [6.45, 7) is 7.23. The Hall–Kier alpha value is -3.12. The highest BCUT2D eigenvalue weighted by atomic mass is 32.1. The van der Waals surface area contributed by atoms with Crippen molar-refractivity contribution in [3.8, 4) is 5.75 Å². The number of methoxy groups -OCH3 is 1. The van der Waals surface area contributed by atoms with Gasteiger partial charge in [0.1, 0.15) is 12.3 Å². The van der Waals surface area contributed by atoms with Crippen LogP contribution in [0.15, 0.2) is 66.7 Å². The summed E-state index contributed by atoms with van der Waals surface area (Å²) in [6, 6.07) is 21.6. The van der Waals surface area contributed by atoms with Crippen molar-refractivity contribution in [3.63, 3.8) is 0 Å². The largest absolute Gasteiger partial charge is 0.497 e. The summed E-state index contributed by atoms with van der Waals surface area (Å²) >= 11 is 1.70. The molecule has 34 heavy (non-hydrogen) atoms.